The van der Waals surface area contributed by atoms with Crippen LogP contribution in [0.5, 0.6) is 0 Å². The largest absolute Gasteiger partial charge is 0.534 e. The van der Waals surface area contributed by atoms with E-state index in [1.54, 1.807) is 0 Å². The van der Waals surface area contributed by atoms with Crippen molar-refractivity contribution in [2.24, 2.45) is 0 Å². The molecule has 0 N–H and O–H groups in total. The molecule has 0 saturated carbocycles. The SMILES string of the molecule is CC[C@]1(C)OC(=O)C(OC(C)C)=C1OS(=O)(=O)C(F)(F)F. The van der Waals surface area contributed by atoms with Gasteiger partial charge < -0.3 is 13.7 Å². The lowest BCUT2D eigenvalue weighted by Crippen LogP contribution is -2.33. The van der Waals surface area contributed by atoms with Crippen molar-refractivity contribution in [3.05, 3.63) is 11.5 Å². The lowest BCUT2D eigenvalue weighted by Gasteiger charge is -2.23. The minimum Gasteiger partial charge on any atom is -0.481 e. The van der Waals surface area contributed by atoms with Gasteiger partial charge in [0.2, 0.25) is 11.5 Å². The molecule has 1 rings (SSSR count). The van der Waals surface area contributed by atoms with Crippen molar-refractivity contribution < 1.29 is 40.0 Å². The lowest BCUT2D eigenvalue weighted by atomic mass is 10.0. The predicted octanol–water partition coefficient (Wildman–Crippen LogP) is 2.21. The van der Waals surface area contributed by atoms with E-state index in [4.69, 9.17) is 9.47 Å². The summed E-state index contributed by atoms with van der Waals surface area (Å²) in [6.45, 7) is 5.76. The molecule has 0 aromatic rings. The monoisotopic (exact) mass is 332 g/mol. The highest BCUT2D eigenvalue weighted by atomic mass is 32.2. The molecule has 0 aromatic carbocycles. The third-order valence-electron chi connectivity index (χ3n) is 2.69. The van der Waals surface area contributed by atoms with Crippen LogP contribution in [0.15, 0.2) is 11.5 Å². The van der Waals surface area contributed by atoms with E-state index in [1.165, 1.54) is 27.7 Å². The van der Waals surface area contributed by atoms with E-state index >= 15 is 0 Å². The fourth-order valence-electron chi connectivity index (χ4n) is 1.48. The van der Waals surface area contributed by atoms with E-state index in [-0.39, 0.29) is 6.42 Å². The molecule has 0 saturated heterocycles. The molecular weight excluding hydrogens is 317 g/mol. The van der Waals surface area contributed by atoms with Crippen LogP contribution >= 0.6 is 0 Å². The van der Waals surface area contributed by atoms with Gasteiger partial charge in [-0.15, -0.1) is 0 Å². The van der Waals surface area contributed by atoms with Crippen LogP contribution in [-0.4, -0.2) is 31.6 Å². The molecule has 1 aliphatic rings. The van der Waals surface area contributed by atoms with Crippen LogP contribution in [0.3, 0.4) is 0 Å². The molecular formula is C11H15F3O6S. The Morgan fingerprint density at radius 3 is 2.24 bits per heavy atom. The fourth-order valence-corrected chi connectivity index (χ4v) is 2.05. The second-order valence-corrected chi connectivity index (χ2v) is 6.32. The zero-order valence-electron chi connectivity index (χ0n) is 11.8. The Morgan fingerprint density at radius 1 is 1.33 bits per heavy atom. The second-order valence-electron chi connectivity index (χ2n) is 4.78. The third-order valence-corrected chi connectivity index (χ3v) is 3.65. The number of alkyl halides is 3. The molecule has 21 heavy (non-hydrogen) atoms. The first-order valence-corrected chi connectivity index (χ1v) is 7.40. The Labute approximate surface area is 120 Å². The summed E-state index contributed by atoms with van der Waals surface area (Å²) in [5.74, 6) is -2.52. The van der Waals surface area contributed by atoms with Crippen molar-refractivity contribution >= 4 is 16.1 Å². The molecule has 0 fully saturated rings. The first kappa shape index (κ1) is 17.6. The molecule has 0 aromatic heterocycles. The van der Waals surface area contributed by atoms with Gasteiger partial charge in [0.25, 0.3) is 0 Å². The molecule has 1 aliphatic heterocycles. The van der Waals surface area contributed by atoms with Gasteiger partial charge >= 0.3 is 21.6 Å². The van der Waals surface area contributed by atoms with Gasteiger partial charge in [-0.05, 0) is 27.2 Å². The third kappa shape index (κ3) is 3.42. The summed E-state index contributed by atoms with van der Waals surface area (Å²) in [6, 6.07) is 0. The van der Waals surface area contributed by atoms with Crippen LogP contribution in [0, 0.1) is 0 Å². The van der Waals surface area contributed by atoms with Gasteiger partial charge in [-0.25, -0.2) is 4.79 Å². The van der Waals surface area contributed by atoms with Gasteiger partial charge in [0.1, 0.15) is 0 Å². The van der Waals surface area contributed by atoms with E-state index in [0.717, 1.165) is 0 Å². The van der Waals surface area contributed by atoms with Crippen molar-refractivity contribution in [3.63, 3.8) is 0 Å². The summed E-state index contributed by atoms with van der Waals surface area (Å²) in [5, 5.41) is 0. The standard InChI is InChI=1S/C11H15F3O6S/c1-5-10(4)8(20-21(16,17)11(12,13)14)7(9(15)19-10)18-6(2)3/h6H,5H2,1-4H3/t10-/m0/s1. The Morgan fingerprint density at radius 2 is 1.86 bits per heavy atom. The summed E-state index contributed by atoms with van der Waals surface area (Å²) in [4.78, 5) is 11.7. The molecule has 0 unspecified atom stereocenters. The molecule has 122 valence electrons. The van der Waals surface area contributed by atoms with Gasteiger partial charge in [0.15, 0.2) is 5.60 Å². The number of cyclic esters (lactones) is 1. The molecule has 0 amide bonds. The molecule has 1 heterocycles. The molecule has 0 radical (unpaired) electrons. The summed E-state index contributed by atoms with van der Waals surface area (Å²) in [5.41, 5.74) is -7.26. The Kier molecular flexibility index (Phi) is 4.52. The maximum Gasteiger partial charge on any atom is 0.534 e. The van der Waals surface area contributed by atoms with Gasteiger partial charge in [-0.3, -0.25) is 0 Å². The molecule has 10 heteroatoms. The number of ether oxygens (including phenoxy) is 2. The number of esters is 1. The van der Waals surface area contributed by atoms with Crippen molar-refractivity contribution in [1.29, 1.82) is 0 Å². The van der Waals surface area contributed by atoms with Gasteiger partial charge in [-0.2, -0.15) is 21.6 Å². The molecule has 0 aliphatic carbocycles. The number of halogens is 3. The number of hydrogen-bond acceptors (Lipinski definition) is 6. The van der Waals surface area contributed by atoms with Crippen molar-refractivity contribution in [2.75, 3.05) is 0 Å². The van der Waals surface area contributed by atoms with Crippen LogP contribution in [0.1, 0.15) is 34.1 Å². The highest BCUT2D eigenvalue weighted by molar-refractivity contribution is 7.87. The Balaban J connectivity index is 3.34. The zero-order chi connectivity index (χ0) is 16.6. The van der Waals surface area contributed by atoms with E-state index < -0.39 is 44.8 Å². The van der Waals surface area contributed by atoms with Gasteiger partial charge in [-0.1, -0.05) is 6.92 Å². The van der Waals surface area contributed by atoms with Crippen LogP contribution in [0.4, 0.5) is 13.2 Å². The first-order valence-electron chi connectivity index (χ1n) is 5.99. The Hall–Kier alpha value is -1.45. The van der Waals surface area contributed by atoms with Gasteiger partial charge in [0, 0.05) is 0 Å². The summed E-state index contributed by atoms with van der Waals surface area (Å²) in [7, 11) is -5.92. The molecule has 1 atom stereocenters. The van der Waals surface area contributed by atoms with Crippen molar-refractivity contribution in [2.45, 2.75) is 51.3 Å². The predicted molar refractivity (Wildman–Crippen MR) is 64.1 cm³/mol. The minimum atomic E-state index is -5.92. The topological polar surface area (TPSA) is 78.9 Å². The molecule has 0 spiro atoms. The fraction of sp³-hybridized carbons (Fsp3) is 0.727. The van der Waals surface area contributed by atoms with E-state index in [1.807, 2.05) is 0 Å². The smallest absolute Gasteiger partial charge is 0.481 e. The maximum atomic E-state index is 12.4. The molecule has 0 bridgehead atoms. The maximum absolute atomic E-state index is 12.4. The number of hydrogen-bond donors (Lipinski definition) is 0. The van der Waals surface area contributed by atoms with Crippen LogP contribution in [0.2, 0.25) is 0 Å². The van der Waals surface area contributed by atoms with Crippen molar-refractivity contribution in [3.8, 4) is 0 Å². The first-order chi connectivity index (χ1) is 9.34. The summed E-state index contributed by atoms with van der Waals surface area (Å²) in [6.07, 6.45) is -0.578. The average Bonchev–Trinajstić information content (AvgIpc) is 2.51. The van der Waals surface area contributed by atoms with E-state index in [0.29, 0.717) is 0 Å². The summed E-state index contributed by atoms with van der Waals surface area (Å²) >= 11 is 0. The highest BCUT2D eigenvalue weighted by Crippen LogP contribution is 2.40. The van der Waals surface area contributed by atoms with E-state index in [9.17, 15) is 26.4 Å². The quantitative estimate of drug-likeness (QED) is 0.436. The average molecular weight is 332 g/mol. The number of rotatable bonds is 5. The Bertz CT molecular complexity index is 563. The summed E-state index contributed by atoms with van der Waals surface area (Å²) < 4.78 is 73.6. The van der Waals surface area contributed by atoms with Crippen LogP contribution in [-0.2, 0) is 28.6 Å². The van der Waals surface area contributed by atoms with Crippen LogP contribution < -0.4 is 0 Å². The van der Waals surface area contributed by atoms with Crippen molar-refractivity contribution in [1.82, 2.24) is 0 Å². The highest BCUT2D eigenvalue weighted by Gasteiger charge is 2.55. The zero-order valence-corrected chi connectivity index (χ0v) is 12.6. The lowest BCUT2D eigenvalue weighted by molar-refractivity contribution is -0.150. The second kappa shape index (κ2) is 5.39. The van der Waals surface area contributed by atoms with Crippen LogP contribution in [0.25, 0.3) is 0 Å². The van der Waals surface area contributed by atoms with Gasteiger partial charge in [0.05, 0.1) is 6.10 Å². The number of carbonyl (C=O) groups excluding carboxylic acids is 1. The minimum absolute atomic E-state index is 0.00635. The molecule has 6 nitrogen and oxygen atoms in total. The van der Waals surface area contributed by atoms with E-state index in [2.05, 4.69) is 4.18 Å². The number of carbonyl (C=O) groups is 1. The normalized spacial score (nSPS) is 23.5.